The third kappa shape index (κ3) is 6.05. The first-order chi connectivity index (χ1) is 13.9. The smallest absolute Gasteiger partial charge is 0.227 e. The second-order valence-corrected chi connectivity index (χ2v) is 8.46. The highest BCUT2D eigenvalue weighted by atomic mass is 16.2. The van der Waals surface area contributed by atoms with E-state index in [9.17, 15) is 9.59 Å². The molecule has 0 saturated carbocycles. The molecule has 3 rings (SSSR count). The van der Waals surface area contributed by atoms with Crippen LogP contribution in [0.15, 0.2) is 6.20 Å². The Morgan fingerprint density at radius 3 is 2.14 bits per heavy atom. The molecule has 2 saturated heterocycles. The number of hydrogen-bond acceptors (Lipinski definition) is 6. The van der Waals surface area contributed by atoms with Crippen molar-refractivity contribution < 1.29 is 9.59 Å². The molecule has 2 atom stereocenters. The summed E-state index contributed by atoms with van der Waals surface area (Å²) in [6.07, 6.45) is 6.36. The fourth-order valence-electron chi connectivity index (χ4n) is 4.31. The summed E-state index contributed by atoms with van der Waals surface area (Å²) in [5.74, 6) is 2.71. The minimum absolute atomic E-state index is 0.0231. The maximum atomic E-state index is 11.2. The largest absolute Gasteiger partial charge is 0.356 e. The molecule has 1 aromatic rings. The van der Waals surface area contributed by atoms with Crippen LogP contribution in [0, 0.1) is 18.8 Å². The van der Waals surface area contributed by atoms with Gasteiger partial charge in [-0.2, -0.15) is 4.98 Å². The summed E-state index contributed by atoms with van der Waals surface area (Å²) in [5, 5.41) is 5.89. The molecule has 29 heavy (non-hydrogen) atoms. The second-order valence-electron chi connectivity index (χ2n) is 8.46. The predicted octanol–water partition coefficient (Wildman–Crippen LogP) is 1.49. The van der Waals surface area contributed by atoms with Crippen LogP contribution in [0.2, 0.25) is 0 Å². The average Bonchev–Trinajstić information content (AvgIpc) is 2.71. The molecule has 2 fully saturated rings. The molecule has 1 aromatic heterocycles. The van der Waals surface area contributed by atoms with Gasteiger partial charge in [0.1, 0.15) is 5.82 Å². The van der Waals surface area contributed by atoms with Gasteiger partial charge in [-0.15, -0.1) is 0 Å². The number of aryl methyl sites for hydroxylation is 1. The van der Waals surface area contributed by atoms with E-state index in [-0.39, 0.29) is 11.8 Å². The summed E-state index contributed by atoms with van der Waals surface area (Å²) in [6, 6.07) is 0. The van der Waals surface area contributed by atoms with Gasteiger partial charge in [-0.25, -0.2) is 4.98 Å². The number of carbonyl (C=O) groups excluding carboxylic acids is 2. The molecule has 0 bridgehead atoms. The quantitative estimate of drug-likeness (QED) is 0.749. The number of carbonyl (C=O) groups is 2. The Morgan fingerprint density at radius 2 is 1.55 bits per heavy atom. The molecule has 0 radical (unpaired) electrons. The lowest BCUT2D eigenvalue weighted by atomic mass is 9.97. The Kier molecular flexibility index (Phi) is 7.28. The van der Waals surface area contributed by atoms with Crippen molar-refractivity contribution in [1.29, 1.82) is 0 Å². The summed E-state index contributed by atoms with van der Waals surface area (Å²) < 4.78 is 0. The van der Waals surface area contributed by atoms with Crippen LogP contribution in [-0.2, 0) is 9.59 Å². The number of hydrogen-bond donors (Lipinski definition) is 2. The van der Waals surface area contributed by atoms with Crippen LogP contribution >= 0.6 is 0 Å². The van der Waals surface area contributed by atoms with Crippen LogP contribution in [0.3, 0.4) is 0 Å². The summed E-state index contributed by atoms with van der Waals surface area (Å²) >= 11 is 0. The Morgan fingerprint density at radius 1 is 1.00 bits per heavy atom. The fraction of sp³-hybridized carbons (Fsp3) is 0.714. The molecule has 0 aromatic carbocycles. The van der Waals surface area contributed by atoms with E-state index in [1.165, 1.54) is 0 Å². The van der Waals surface area contributed by atoms with Gasteiger partial charge in [0, 0.05) is 64.9 Å². The highest BCUT2D eigenvalue weighted by molar-refractivity contribution is 5.73. The van der Waals surface area contributed by atoms with Crippen molar-refractivity contribution in [3.05, 3.63) is 11.8 Å². The molecular weight excluding hydrogens is 368 g/mol. The average molecular weight is 403 g/mol. The Bertz CT molecular complexity index is 725. The van der Waals surface area contributed by atoms with Gasteiger partial charge in [-0.3, -0.25) is 9.59 Å². The molecule has 2 aliphatic rings. The first kappa shape index (κ1) is 21.3. The van der Waals surface area contributed by atoms with E-state index in [4.69, 9.17) is 4.98 Å². The lowest BCUT2D eigenvalue weighted by molar-refractivity contribution is -0.120. The van der Waals surface area contributed by atoms with Crippen molar-refractivity contribution >= 4 is 23.6 Å². The molecular formula is C21H34N6O2. The van der Waals surface area contributed by atoms with E-state index in [2.05, 4.69) is 32.3 Å². The van der Waals surface area contributed by atoms with Gasteiger partial charge in [0.15, 0.2) is 0 Å². The Balaban J connectivity index is 1.67. The van der Waals surface area contributed by atoms with Gasteiger partial charge in [-0.1, -0.05) is 0 Å². The first-order valence-electron chi connectivity index (χ1n) is 10.7. The minimum Gasteiger partial charge on any atom is -0.356 e. The van der Waals surface area contributed by atoms with E-state index >= 15 is 0 Å². The van der Waals surface area contributed by atoms with Gasteiger partial charge in [0.2, 0.25) is 17.8 Å². The van der Waals surface area contributed by atoms with Crippen LogP contribution in [0.4, 0.5) is 11.8 Å². The highest BCUT2D eigenvalue weighted by Crippen LogP contribution is 2.27. The van der Waals surface area contributed by atoms with Gasteiger partial charge < -0.3 is 20.4 Å². The number of rotatable bonds is 6. The van der Waals surface area contributed by atoms with Gasteiger partial charge >= 0.3 is 0 Å². The molecule has 2 unspecified atom stereocenters. The van der Waals surface area contributed by atoms with Crippen molar-refractivity contribution in [3.8, 4) is 0 Å². The third-order valence-corrected chi connectivity index (χ3v) is 5.83. The molecule has 0 aliphatic carbocycles. The minimum atomic E-state index is 0.0231. The van der Waals surface area contributed by atoms with Crippen molar-refractivity contribution in [2.45, 2.75) is 46.5 Å². The molecule has 2 N–H and O–H groups in total. The van der Waals surface area contributed by atoms with E-state index in [0.29, 0.717) is 18.4 Å². The van der Waals surface area contributed by atoms with Crippen LogP contribution in [-0.4, -0.2) is 61.1 Å². The number of nitrogens with one attached hydrogen (secondary N) is 2. The maximum absolute atomic E-state index is 11.2. The summed E-state index contributed by atoms with van der Waals surface area (Å²) in [7, 11) is 0. The van der Waals surface area contributed by atoms with E-state index in [0.717, 1.165) is 75.7 Å². The predicted molar refractivity (Wildman–Crippen MR) is 114 cm³/mol. The first-order valence-corrected chi connectivity index (χ1v) is 10.7. The Hall–Kier alpha value is -2.38. The molecule has 8 heteroatoms. The standard InChI is InChI=1S/C21H34N6O2/c1-15-10-24-21(27-9-5-7-19(14-27)12-23-17(3)29)25-20(15)26-8-4-6-18(13-26)11-22-16(2)28/h10,18-19H,4-9,11-14H2,1-3H3,(H,22,28)(H,23,29). The molecule has 160 valence electrons. The lowest BCUT2D eigenvalue weighted by Crippen LogP contribution is -2.42. The zero-order valence-corrected chi connectivity index (χ0v) is 17.9. The van der Waals surface area contributed by atoms with E-state index in [1.54, 1.807) is 13.8 Å². The number of amides is 2. The van der Waals surface area contributed by atoms with Crippen LogP contribution in [0.5, 0.6) is 0 Å². The molecule has 2 amide bonds. The third-order valence-electron chi connectivity index (χ3n) is 5.83. The lowest BCUT2D eigenvalue weighted by Gasteiger charge is -2.36. The van der Waals surface area contributed by atoms with Crippen LogP contribution in [0.1, 0.15) is 45.1 Å². The Labute approximate surface area is 173 Å². The number of aromatic nitrogens is 2. The fourth-order valence-corrected chi connectivity index (χ4v) is 4.31. The molecule has 2 aliphatic heterocycles. The van der Waals surface area contributed by atoms with Gasteiger partial charge in [-0.05, 0) is 44.4 Å². The zero-order valence-electron chi connectivity index (χ0n) is 17.9. The highest BCUT2D eigenvalue weighted by Gasteiger charge is 2.25. The normalized spacial score (nSPS) is 22.3. The van der Waals surface area contributed by atoms with Crippen LogP contribution in [0.25, 0.3) is 0 Å². The van der Waals surface area contributed by atoms with Gasteiger partial charge in [0.05, 0.1) is 0 Å². The van der Waals surface area contributed by atoms with Crippen molar-refractivity contribution in [3.63, 3.8) is 0 Å². The number of nitrogens with zero attached hydrogens (tertiary/aromatic N) is 4. The van der Waals surface area contributed by atoms with Crippen molar-refractivity contribution in [2.24, 2.45) is 11.8 Å². The molecule has 3 heterocycles. The SMILES string of the molecule is CC(=O)NCC1CCCN(c2ncc(C)c(N3CCCC(CNC(C)=O)C3)n2)C1. The maximum Gasteiger partial charge on any atom is 0.227 e. The van der Waals surface area contributed by atoms with Crippen molar-refractivity contribution in [1.82, 2.24) is 20.6 Å². The summed E-state index contributed by atoms with van der Waals surface area (Å²) in [5.41, 5.74) is 1.08. The summed E-state index contributed by atoms with van der Waals surface area (Å²) in [4.78, 5) is 36.6. The number of piperidine rings is 2. The topological polar surface area (TPSA) is 90.5 Å². The monoisotopic (exact) mass is 402 g/mol. The van der Waals surface area contributed by atoms with Crippen molar-refractivity contribution in [2.75, 3.05) is 49.1 Å². The van der Waals surface area contributed by atoms with Gasteiger partial charge in [0.25, 0.3) is 0 Å². The number of anilines is 2. The molecule has 0 spiro atoms. The second kappa shape index (κ2) is 9.89. The van der Waals surface area contributed by atoms with E-state index in [1.807, 2.05) is 6.20 Å². The van der Waals surface area contributed by atoms with E-state index < -0.39 is 0 Å². The van der Waals surface area contributed by atoms with Crippen LogP contribution < -0.4 is 20.4 Å². The zero-order chi connectivity index (χ0) is 20.8. The molecule has 8 nitrogen and oxygen atoms in total. The summed E-state index contributed by atoms with van der Waals surface area (Å²) in [6.45, 7) is 10.3.